The normalized spacial score (nSPS) is 10.8. The van der Waals surface area contributed by atoms with Crippen molar-refractivity contribution in [1.29, 1.82) is 0 Å². The van der Waals surface area contributed by atoms with Crippen molar-refractivity contribution < 1.29 is 14.3 Å². The Morgan fingerprint density at radius 2 is 1.70 bits per heavy atom. The molecule has 6 heteroatoms. The lowest BCUT2D eigenvalue weighted by Gasteiger charge is -2.11. The molecule has 0 saturated carbocycles. The summed E-state index contributed by atoms with van der Waals surface area (Å²) in [7, 11) is 1.59. The second-order valence-corrected chi connectivity index (χ2v) is 7.36. The van der Waals surface area contributed by atoms with Crippen molar-refractivity contribution in [1.82, 2.24) is 5.43 Å². The molecule has 4 aromatic carbocycles. The maximum absolute atomic E-state index is 12.2. The Kier molecular flexibility index (Phi) is 7.18. The van der Waals surface area contributed by atoms with Gasteiger partial charge in [-0.25, -0.2) is 5.43 Å². The largest absolute Gasteiger partial charge is 0.493 e. The third kappa shape index (κ3) is 5.89. The lowest BCUT2D eigenvalue weighted by Crippen LogP contribution is -2.25. The van der Waals surface area contributed by atoms with Crippen molar-refractivity contribution >= 4 is 28.6 Å². The molecule has 0 aliphatic heterocycles. The first kappa shape index (κ1) is 21.9. The number of rotatable bonds is 9. The third-order valence-corrected chi connectivity index (χ3v) is 5.06. The summed E-state index contributed by atoms with van der Waals surface area (Å²) in [6.45, 7) is 0.561. The van der Waals surface area contributed by atoms with Gasteiger partial charge in [0.2, 0.25) is 0 Å². The summed E-state index contributed by atoms with van der Waals surface area (Å²) in [4.78, 5) is 12.2. The van der Waals surface area contributed by atoms with Crippen molar-refractivity contribution in [2.24, 2.45) is 5.10 Å². The number of carbonyl (C=O) groups is 1. The molecule has 33 heavy (non-hydrogen) atoms. The summed E-state index contributed by atoms with van der Waals surface area (Å²) < 4.78 is 11.3. The standard InChI is InChI=1S/C27H25N3O3/c1-32-26-16-21(14-15-25(26)33-19-20-8-3-2-4-9-20)17-29-30-27(31)18-28-24-13-7-11-22-10-5-6-12-23(22)24/h2-17,28H,18-19H2,1H3,(H,30,31)/b29-17-. The Labute approximate surface area is 192 Å². The number of amides is 1. The van der Waals surface area contributed by atoms with E-state index in [0.717, 1.165) is 27.6 Å². The van der Waals surface area contributed by atoms with E-state index in [1.165, 1.54) is 0 Å². The van der Waals surface area contributed by atoms with E-state index in [-0.39, 0.29) is 12.5 Å². The van der Waals surface area contributed by atoms with Crippen molar-refractivity contribution in [3.8, 4) is 11.5 Å². The quantitative estimate of drug-likeness (QED) is 0.285. The molecular formula is C27H25N3O3. The van der Waals surface area contributed by atoms with Crippen LogP contribution in [0.2, 0.25) is 0 Å². The SMILES string of the molecule is COc1cc(/C=N\NC(=O)CNc2cccc3ccccc23)ccc1OCc1ccccc1. The number of anilines is 1. The molecule has 0 aliphatic rings. The van der Waals surface area contributed by atoms with Crippen LogP contribution in [0.1, 0.15) is 11.1 Å². The molecular weight excluding hydrogens is 414 g/mol. The number of benzene rings is 4. The number of hydrogen-bond donors (Lipinski definition) is 2. The molecule has 0 atom stereocenters. The molecule has 0 heterocycles. The highest BCUT2D eigenvalue weighted by Crippen LogP contribution is 2.28. The van der Waals surface area contributed by atoms with Crippen molar-refractivity contribution in [3.05, 3.63) is 102 Å². The van der Waals surface area contributed by atoms with Crippen LogP contribution >= 0.6 is 0 Å². The van der Waals surface area contributed by atoms with E-state index >= 15 is 0 Å². The van der Waals surface area contributed by atoms with Gasteiger partial charge in [0.15, 0.2) is 11.5 Å². The van der Waals surface area contributed by atoms with Crippen LogP contribution in [-0.4, -0.2) is 25.8 Å². The van der Waals surface area contributed by atoms with Crippen LogP contribution in [0, 0.1) is 0 Å². The Bertz CT molecular complexity index is 1250. The van der Waals surface area contributed by atoms with E-state index in [1.807, 2.05) is 91.0 Å². The zero-order chi connectivity index (χ0) is 22.9. The van der Waals surface area contributed by atoms with Gasteiger partial charge in [0.05, 0.1) is 19.9 Å². The summed E-state index contributed by atoms with van der Waals surface area (Å²) in [5.41, 5.74) is 5.30. The monoisotopic (exact) mass is 439 g/mol. The topological polar surface area (TPSA) is 72.0 Å². The number of hydrazone groups is 1. The smallest absolute Gasteiger partial charge is 0.259 e. The van der Waals surface area contributed by atoms with Gasteiger partial charge in [-0.2, -0.15) is 5.10 Å². The zero-order valence-corrected chi connectivity index (χ0v) is 18.3. The maximum Gasteiger partial charge on any atom is 0.259 e. The van der Waals surface area contributed by atoms with Crippen LogP contribution in [0.4, 0.5) is 5.69 Å². The fraction of sp³-hybridized carbons (Fsp3) is 0.111. The number of methoxy groups -OCH3 is 1. The van der Waals surface area contributed by atoms with E-state index in [9.17, 15) is 4.79 Å². The minimum Gasteiger partial charge on any atom is -0.493 e. The van der Waals surface area contributed by atoms with Gasteiger partial charge in [0.25, 0.3) is 5.91 Å². The minimum absolute atomic E-state index is 0.112. The molecule has 166 valence electrons. The average molecular weight is 440 g/mol. The van der Waals surface area contributed by atoms with Gasteiger partial charge in [0.1, 0.15) is 6.61 Å². The van der Waals surface area contributed by atoms with E-state index in [4.69, 9.17) is 9.47 Å². The van der Waals surface area contributed by atoms with E-state index in [1.54, 1.807) is 13.3 Å². The number of nitrogens with one attached hydrogen (secondary N) is 2. The Balaban J connectivity index is 1.31. The first-order chi connectivity index (χ1) is 16.2. The zero-order valence-electron chi connectivity index (χ0n) is 18.3. The molecule has 2 N–H and O–H groups in total. The molecule has 1 amide bonds. The highest BCUT2D eigenvalue weighted by atomic mass is 16.5. The molecule has 0 fully saturated rings. The number of fused-ring (bicyclic) bond motifs is 1. The van der Waals surface area contributed by atoms with E-state index in [2.05, 4.69) is 15.8 Å². The van der Waals surface area contributed by atoms with Crippen LogP contribution in [0.3, 0.4) is 0 Å². The lowest BCUT2D eigenvalue weighted by atomic mass is 10.1. The van der Waals surface area contributed by atoms with Crippen LogP contribution < -0.4 is 20.2 Å². The van der Waals surface area contributed by atoms with Gasteiger partial charge < -0.3 is 14.8 Å². The average Bonchev–Trinajstić information content (AvgIpc) is 2.87. The van der Waals surface area contributed by atoms with Gasteiger partial charge in [0, 0.05) is 11.1 Å². The Hall–Kier alpha value is -4.32. The summed E-state index contributed by atoms with van der Waals surface area (Å²) >= 11 is 0. The predicted octanol–water partition coefficient (Wildman–Crippen LogP) is 4.99. The van der Waals surface area contributed by atoms with Gasteiger partial charge >= 0.3 is 0 Å². The first-order valence-corrected chi connectivity index (χ1v) is 10.6. The first-order valence-electron chi connectivity index (χ1n) is 10.6. The molecule has 6 nitrogen and oxygen atoms in total. The number of nitrogens with zero attached hydrogens (tertiary/aromatic N) is 1. The molecule has 4 rings (SSSR count). The molecule has 0 aliphatic carbocycles. The molecule has 0 spiro atoms. The summed E-state index contributed by atoms with van der Waals surface area (Å²) in [5, 5.41) is 9.41. The highest BCUT2D eigenvalue weighted by molar-refractivity contribution is 5.95. The molecule has 0 radical (unpaired) electrons. The van der Waals surface area contributed by atoms with Crippen molar-refractivity contribution in [3.63, 3.8) is 0 Å². The maximum atomic E-state index is 12.2. The highest BCUT2D eigenvalue weighted by Gasteiger charge is 2.06. The summed E-state index contributed by atoms with van der Waals surface area (Å²) in [6, 6.07) is 29.4. The molecule has 0 bridgehead atoms. The van der Waals surface area contributed by atoms with Gasteiger partial charge in [-0.05, 0) is 40.8 Å². The summed E-state index contributed by atoms with van der Waals surface area (Å²) in [5.74, 6) is 0.995. The van der Waals surface area contributed by atoms with Gasteiger partial charge in [-0.3, -0.25) is 4.79 Å². The van der Waals surface area contributed by atoms with Crippen LogP contribution in [0.5, 0.6) is 11.5 Å². The van der Waals surface area contributed by atoms with E-state index in [0.29, 0.717) is 18.1 Å². The van der Waals surface area contributed by atoms with Gasteiger partial charge in [-0.15, -0.1) is 0 Å². The molecule has 0 unspecified atom stereocenters. The number of hydrogen-bond acceptors (Lipinski definition) is 5. The minimum atomic E-state index is -0.242. The number of carbonyl (C=O) groups excluding carboxylic acids is 1. The summed E-state index contributed by atoms with van der Waals surface area (Å²) in [6.07, 6.45) is 1.57. The fourth-order valence-electron chi connectivity index (χ4n) is 3.39. The van der Waals surface area contributed by atoms with Crippen molar-refractivity contribution in [2.45, 2.75) is 6.61 Å². The van der Waals surface area contributed by atoms with Crippen LogP contribution in [-0.2, 0) is 11.4 Å². The van der Waals surface area contributed by atoms with E-state index < -0.39 is 0 Å². The molecule has 4 aromatic rings. The fourth-order valence-corrected chi connectivity index (χ4v) is 3.39. The van der Waals surface area contributed by atoms with Crippen LogP contribution in [0.15, 0.2) is 96.1 Å². The molecule has 0 aromatic heterocycles. The second kappa shape index (κ2) is 10.8. The Morgan fingerprint density at radius 3 is 2.55 bits per heavy atom. The predicted molar refractivity (Wildman–Crippen MR) is 132 cm³/mol. The third-order valence-electron chi connectivity index (χ3n) is 5.06. The molecule has 0 saturated heterocycles. The second-order valence-electron chi connectivity index (χ2n) is 7.36. The van der Waals surface area contributed by atoms with Crippen molar-refractivity contribution in [2.75, 3.05) is 19.0 Å². The Morgan fingerprint density at radius 1 is 0.909 bits per heavy atom. The van der Waals surface area contributed by atoms with Gasteiger partial charge in [-0.1, -0.05) is 66.7 Å². The number of ether oxygens (including phenoxy) is 2. The lowest BCUT2D eigenvalue weighted by molar-refractivity contribution is -0.119. The van der Waals surface area contributed by atoms with Crippen LogP contribution in [0.25, 0.3) is 10.8 Å².